The largest absolute Gasteiger partial charge is 0.350 e. The van der Waals surface area contributed by atoms with Gasteiger partial charge in [0.15, 0.2) is 0 Å². The number of rotatable bonds is 3. The summed E-state index contributed by atoms with van der Waals surface area (Å²) in [6.07, 6.45) is 4.89. The summed E-state index contributed by atoms with van der Waals surface area (Å²) >= 11 is 0. The highest BCUT2D eigenvalue weighted by Crippen LogP contribution is 2.22. The monoisotopic (exact) mass is 257 g/mol. The van der Waals surface area contributed by atoms with Crippen molar-refractivity contribution in [1.29, 1.82) is 0 Å². The predicted octanol–water partition coefficient (Wildman–Crippen LogP) is 2.36. The maximum atomic E-state index is 3.50. The molecule has 3 heteroatoms. The van der Waals surface area contributed by atoms with Gasteiger partial charge in [-0.25, -0.2) is 0 Å². The molecule has 1 saturated heterocycles. The van der Waals surface area contributed by atoms with Crippen molar-refractivity contribution in [2.45, 2.75) is 25.4 Å². The normalized spacial score (nSPS) is 20.3. The summed E-state index contributed by atoms with van der Waals surface area (Å²) in [5, 5.41) is 4.89. The van der Waals surface area contributed by atoms with Gasteiger partial charge in [0.2, 0.25) is 0 Å². The van der Waals surface area contributed by atoms with Crippen LogP contribution in [0.4, 0.5) is 0 Å². The van der Waals surface area contributed by atoms with Crippen molar-refractivity contribution in [2.75, 3.05) is 20.1 Å². The van der Waals surface area contributed by atoms with E-state index in [1.165, 1.54) is 35.9 Å². The van der Waals surface area contributed by atoms with Crippen LogP contribution in [0.3, 0.4) is 0 Å². The third-order valence-electron chi connectivity index (χ3n) is 4.29. The molecule has 0 bridgehead atoms. The fourth-order valence-corrected chi connectivity index (χ4v) is 3.16. The van der Waals surface area contributed by atoms with E-state index < -0.39 is 0 Å². The Labute approximate surface area is 115 Å². The summed E-state index contributed by atoms with van der Waals surface area (Å²) in [6, 6.07) is 9.35. The van der Waals surface area contributed by atoms with Crippen LogP contribution in [0.15, 0.2) is 30.5 Å². The smallest absolute Gasteiger partial charge is 0.0481 e. The molecule has 0 aliphatic carbocycles. The minimum Gasteiger partial charge on any atom is -0.350 e. The predicted molar refractivity (Wildman–Crippen MR) is 80.3 cm³/mol. The number of aromatic nitrogens is 1. The van der Waals surface area contributed by atoms with Crippen LogP contribution in [-0.4, -0.2) is 35.6 Å². The quantitative estimate of drug-likeness (QED) is 0.911. The lowest BCUT2D eigenvalue weighted by atomic mass is 10.1. The molecule has 3 rings (SSSR count). The topological polar surface area (TPSA) is 20.2 Å². The van der Waals surface area contributed by atoms with E-state index in [0.717, 1.165) is 13.1 Å². The Kier molecular flexibility index (Phi) is 3.58. The average molecular weight is 257 g/mol. The molecule has 1 aliphatic rings. The van der Waals surface area contributed by atoms with Crippen LogP contribution in [0.1, 0.15) is 18.4 Å². The molecule has 1 N–H and O–H groups in total. The van der Waals surface area contributed by atoms with Gasteiger partial charge < -0.3 is 9.88 Å². The van der Waals surface area contributed by atoms with Gasteiger partial charge in [-0.1, -0.05) is 18.2 Å². The fourth-order valence-electron chi connectivity index (χ4n) is 3.16. The third kappa shape index (κ3) is 2.53. The second-order valence-corrected chi connectivity index (χ2v) is 5.70. The lowest BCUT2D eigenvalue weighted by Gasteiger charge is -2.31. The van der Waals surface area contributed by atoms with Crippen LogP contribution in [0.25, 0.3) is 10.9 Å². The first-order valence-corrected chi connectivity index (χ1v) is 7.19. The van der Waals surface area contributed by atoms with Gasteiger partial charge in [0.1, 0.15) is 0 Å². The van der Waals surface area contributed by atoms with E-state index in [-0.39, 0.29) is 0 Å². The summed E-state index contributed by atoms with van der Waals surface area (Å²) in [6.45, 7) is 3.34. The van der Waals surface area contributed by atoms with E-state index in [1.807, 2.05) is 0 Å². The van der Waals surface area contributed by atoms with E-state index in [0.29, 0.717) is 6.04 Å². The van der Waals surface area contributed by atoms with Crippen molar-refractivity contribution < 1.29 is 0 Å². The Morgan fingerprint density at radius 3 is 3.00 bits per heavy atom. The summed E-state index contributed by atoms with van der Waals surface area (Å²) in [7, 11) is 4.38. The number of hydrogen-bond acceptors (Lipinski definition) is 2. The van der Waals surface area contributed by atoms with Crippen molar-refractivity contribution in [2.24, 2.45) is 7.05 Å². The number of piperidine rings is 1. The summed E-state index contributed by atoms with van der Waals surface area (Å²) in [5.74, 6) is 0. The number of benzene rings is 1. The Morgan fingerprint density at radius 1 is 1.37 bits per heavy atom. The number of para-hydroxylation sites is 1. The van der Waals surface area contributed by atoms with Gasteiger partial charge in [0, 0.05) is 43.3 Å². The van der Waals surface area contributed by atoms with Crippen molar-refractivity contribution >= 4 is 10.9 Å². The number of aryl methyl sites for hydroxylation is 1. The molecule has 19 heavy (non-hydrogen) atoms. The third-order valence-corrected chi connectivity index (χ3v) is 4.29. The van der Waals surface area contributed by atoms with Crippen molar-refractivity contribution in [1.82, 2.24) is 14.8 Å². The zero-order valence-electron chi connectivity index (χ0n) is 11.9. The Bertz CT molecular complexity index is 552. The molecule has 1 fully saturated rings. The van der Waals surface area contributed by atoms with Crippen LogP contribution in [0.5, 0.6) is 0 Å². The molecular weight excluding hydrogens is 234 g/mol. The highest BCUT2D eigenvalue weighted by atomic mass is 15.2. The zero-order chi connectivity index (χ0) is 13.2. The number of likely N-dealkylation sites (N-methyl/N-ethyl adjacent to an activating group) is 1. The van der Waals surface area contributed by atoms with Crippen molar-refractivity contribution in [3.05, 3.63) is 36.0 Å². The molecule has 1 aromatic heterocycles. The second kappa shape index (κ2) is 5.35. The number of nitrogens with zero attached hydrogens (tertiary/aromatic N) is 2. The second-order valence-electron chi connectivity index (χ2n) is 5.70. The van der Waals surface area contributed by atoms with Gasteiger partial charge in [0.05, 0.1) is 0 Å². The molecule has 1 unspecified atom stereocenters. The van der Waals surface area contributed by atoms with Gasteiger partial charge in [-0.2, -0.15) is 0 Å². The number of fused-ring (bicyclic) bond motifs is 1. The van der Waals surface area contributed by atoms with Gasteiger partial charge in [0.25, 0.3) is 0 Å². The molecule has 3 nitrogen and oxygen atoms in total. The molecule has 0 saturated carbocycles. The molecule has 102 valence electrons. The van der Waals surface area contributed by atoms with E-state index in [2.05, 4.69) is 59.3 Å². The van der Waals surface area contributed by atoms with E-state index in [1.54, 1.807) is 0 Å². The van der Waals surface area contributed by atoms with Crippen LogP contribution in [-0.2, 0) is 13.6 Å². The van der Waals surface area contributed by atoms with Gasteiger partial charge in [-0.15, -0.1) is 0 Å². The SMILES string of the molecule is CN(Cc1cn(C)c2ccccc12)C1CCCNC1. The highest BCUT2D eigenvalue weighted by molar-refractivity contribution is 5.83. The first kappa shape index (κ1) is 12.7. The van der Waals surface area contributed by atoms with Crippen molar-refractivity contribution in [3.8, 4) is 0 Å². The summed E-state index contributed by atoms with van der Waals surface area (Å²) < 4.78 is 2.23. The van der Waals surface area contributed by atoms with Crippen LogP contribution in [0.2, 0.25) is 0 Å². The van der Waals surface area contributed by atoms with Crippen LogP contribution in [0, 0.1) is 0 Å². The van der Waals surface area contributed by atoms with Crippen LogP contribution < -0.4 is 5.32 Å². The van der Waals surface area contributed by atoms with E-state index in [4.69, 9.17) is 0 Å². The van der Waals surface area contributed by atoms with E-state index >= 15 is 0 Å². The Morgan fingerprint density at radius 2 is 2.21 bits per heavy atom. The van der Waals surface area contributed by atoms with Gasteiger partial charge in [-0.05, 0) is 38.1 Å². The molecule has 2 heterocycles. The molecular formula is C16H23N3. The molecule has 1 aromatic carbocycles. The highest BCUT2D eigenvalue weighted by Gasteiger charge is 2.18. The average Bonchev–Trinajstić information content (AvgIpc) is 2.77. The maximum absolute atomic E-state index is 3.50. The number of nitrogens with one attached hydrogen (secondary N) is 1. The fraction of sp³-hybridized carbons (Fsp3) is 0.500. The lowest BCUT2D eigenvalue weighted by molar-refractivity contribution is 0.196. The molecule has 0 amide bonds. The zero-order valence-corrected chi connectivity index (χ0v) is 11.9. The van der Waals surface area contributed by atoms with E-state index in [9.17, 15) is 0 Å². The minimum absolute atomic E-state index is 0.674. The Balaban J connectivity index is 1.81. The van der Waals surface area contributed by atoms with Crippen LogP contribution >= 0.6 is 0 Å². The summed E-state index contributed by atoms with van der Waals surface area (Å²) in [4.78, 5) is 2.49. The van der Waals surface area contributed by atoms with Gasteiger partial charge in [-0.3, -0.25) is 4.90 Å². The number of hydrogen-bond donors (Lipinski definition) is 1. The molecule has 2 aromatic rings. The molecule has 1 aliphatic heterocycles. The lowest BCUT2D eigenvalue weighted by Crippen LogP contribution is -2.43. The minimum atomic E-state index is 0.674. The molecule has 0 spiro atoms. The molecule has 0 radical (unpaired) electrons. The maximum Gasteiger partial charge on any atom is 0.0481 e. The Hall–Kier alpha value is -1.32. The first-order valence-electron chi connectivity index (χ1n) is 7.19. The van der Waals surface area contributed by atoms with Gasteiger partial charge >= 0.3 is 0 Å². The standard InChI is InChI=1S/C16H23N3/c1-18(14-6-5-9-17-10-14)11-13-12-19(2)16-8-4-3-7-15(13)16/h3-4,7-8,12,14,17H,5-6,9-11H2,1-2H3. The first-order chi connectivity index (χ1) is 9.25. The summed E-state index contributed by atoms with van der Waals surface area (Å²) in [5.41, 5.74) is 2.76. The molecule has 1 atom stereocenters. The van der Waals surface area contributed by atoms with Crippen molar-refractivity contribution in [3.63, 3.8) is 0 Å².